The zero-order valence-corrected chi connectivity index (χ0v) is 18.4. The Morgan fingerprint density at radius 3 is 1.55 bits per heavy atom. The third kappa shape index (κ3) is 13.2. The topological polar surface area (TPSA) is 95.1 Å². The van der Waals surface area contributed by atoms with Crippen LogP contribution < -0.4 is 10.6 Å². The normalized spacial score (nSPS) is 11.2. The monoisotopic (exact) mass is 414 g/mol. The Bertz CT molecular complexity index is 485. The van der Waals surface area contributed by atoms with Crippen LogP contribution in [0.15, 0.2) is 24.3 Å². The van der Waals surface area contributed by atoms with Crippen LogP contribution in [0, 0.1) is 5.41 Å². The van der Waals surface area contributed by atoms with Gasteiger partial charge in [0, 0.05) is 36.8 Å². The Kier molecular flexibility index (Phi) is 15.1. The van der Waals surface area contributed by atoms with E-state index in [4.69, 9.17) is 18.9 Å². The van der Waals surface area contributed by atoms with Gasteiger partial charge in [-0.1, -0.05) is 20.1 Å². The van der Waals surface area contributed by atoms with Crippen molar-refractivity contribution in [2.45, 2.75) is 27.2 Å². The van der Waals surface area contributed by atoms with Gasteiger partial charge in [-0.05, 0) is 20.3 Å². The largest absolute Gasteiger partial charge is 0.382 e. The molecule has 8 heteroatoms. The van der Waals surface area contributed by atoms with Crippen LogP contribution in [0.25, 0.3) is 0 Å². The Morgan fingerprint density at radius 1 is 0.793 bits per heavy atom. The molecule has 2 amide bonds. The van der Waals surface area contributed by atoms with E-state index in [1.807, 2.05) is 0 Å². The van der Waals surface area contributed by atoms with Gasteiger partial charge in [-0.15, -0.1) is 0 Å². The van der Waals surface area contributed by atoms with Crippen molar-refractivity contribution in [1.82, 2.24) is 10.6 Å². The third-order valence-corrected chi connectivity index (χ3v) is 4.25. The molecule has 0 spiro atoms. The van der Waals surface area contributed by atoms with Gasteiger partial charge in [0.2, 0.25) is 11.8 Å². The number of carbonyl (C=O) groups is 2. The van der Waals surface area contributed by atoms with Crippen molar-refractivity contribution in [2.24, 2.45) is 5.41 Å². The van der Waals surface area contributed by atoms with E-state index in [2.05, 4.69) is 30.7 Å². The molecule has 0 rings (SSSR count). The fourth-order valence-electron chi connectivity index (χ4n) is 2.21. The second-order valence-electron chi connectivity index (χ2n) is 7.08. The summed E-state index contributed by atoms with van der Waals surface area (Å²) >= 11 is 0. The van der Waals surface area contributed by atoms with E-state index in [9.17, 15) is 9.59 Å². The van der Waals surface area contributed by atoms with Crippen LogP contribution in [0.3, 0.4) is 0 Å². The van der Waals surface area contributed by atoms with Crippen molar-refractivity contribution in [3.63, 3.8) is 0 Å². The van der Waals surface area contributed by atoms with Crippen molar-refractivity contribution in [3.05, 3.63) is 24.3 Å². The first-order valence-corrected chi connectivity index (χ1v) is 9.87. The smallest absolute Gasteiger partial charge is 0.246 e. The maximum absolute atomic E-state index is 11.5. The Labute approximate surface area is 175 Å². The lowest BCUT2D eigenvalue weighted by Crippen LogP contribution is -2.39. The Balaban J connectivity index is 4.46. The van der Waals surface area contributed by atoms with E-state index >= 15 is 0 Å². The summed E-state index contributed by atoms with van der Waals surface area (Å²) in [6, 6.07) is 0. The molecule has 0 aliphatic heterocycles. The summed E-state index contributed by atoms with van der Waals surface area (Å²) in [6.07, 6.45) is 0.788. The quantitative estimate of drug-likeness (QED) is 0.260. The minimum atomic E-state index is -0.329. The lowest BCUT2D eigenvalue weighted by Gasteiger charge is -2.32. The summed E-state index contributed by atoms with van der Waals surface area (Å²) in [6.45, 7) is 16.5. The maximum atomic E-state index is 11.5. The number of amides is 2. The van der Waals surface area contributed by atoms with Gasteiger partial charge in [0.1, 0.15) is 0 Å². The molecule has 0 fully saturated rings. The molecule has 0 unspecified atom stereocenters. The zero-order valence-electron chi connectivity index (χ0n) is 18.4. The van der Waals surface area contributed by atoms with Crippen LogP contribution in [0.1, 0.15) is 27.2 Å². The summed E-state index contributed by atoms with van der Waals surface area (Å²) in [5.41, 5.74) is 0.600. The number of nitrogens with one attached hydrogen (secondary N) is 2. The highest BCUT2D eigenvalue weighted by Gasteiger charge is 2.29. The molecule has 0 saturated carbocycles. The van der Waals surface area contributed by atoms with Gasteiger partial charge in [0.05, 0.1) is 46.2 Å². The Hall–Kier alpha value is -1.74. The summed E-state index contributed by atoms with van der Waals surface area (Å²) in [5, 5.41) is 5.47. The van der Waals surface area contributed by atoms with E-state index in [0.717, 1.165) is 6.42 Å². The predicted octanol–water partition coefficient (Wildman–Crippen LogP) is 1.46. The van der Waals surface area contributed by atoms with Crippen molar-refractivity contribution >= 4 is 11.8 Å². The first-order valence-electron chi connectivity index (χ1n) is 9.87. The summed E-state index contributed by atoms with van der Waals surface area (Å²) in [7, 11) is 1.63. The van der Waals surface area contributed by atoms with Gasteiger partial charge in [0.25, 0.3) is 0 Å². The minimum absolute atomic E-state index is 0.182. The molecule has 0 bridgehead atoms. The van der Waals surface area contributed by atoms with Crippen molar-refractivity contribution in [1.29, 1.82) is 0 Å². The molecule has 0 aliphatic rings. The van der Waals surface area contributed by atoms with Gasteiger partial charge in [-0.3, -0.25) is 9.59 Å². The molecule has 0 heterocycles. The Morgan fingerprint density at radius 2 is 1.21 bits per heavy atom. The molecule has 2 N–H and O–H groups in total. The standard InChI is InChI=1S/C21H38N2O6/c1-7-21(16-29-13-12-26-6,14-27-10-8-22-19(24)17(2)3)15-28-11-9-23-20(25)18(4)5/h2,4,7-16H2,1,3,5-6H3,(H,22,24)(H,23,25). The van der Waals surface area contributed by atoms with Crippen LogP contribution >= 0.6 is 0 Å². The van der Waals surface area contributed by atoms with Gasteiger partial charge in [-0.2, -0.15) is 0 Å². The first kappa shape index (κ1) is 27.3. The van der Waals surface area contributed by atoms with Crippen LogP contribution in [0.5, 0.6) is 0 Å². The number of rotatable bonds is 18. The predicted molar refractivity (Wildman–Crippen MR) is 113 cm³/mol. The van der Waals surface area contributed by atoms with Crippen LogP contribution in [-0.4, -0.2) is 78.3 Å². The fourth-order valence-corrected chi connectivity index (χ4v) is 2.21. The highest BCUT2D eigenvalue weighted by atomic mass is 16.5. The van der Waals surface area contributed by atoms with Crippen LogP contribution in [0.2, 0.25) is 0 Å². The molecule has 29 heavy (non-hydrogen) atoms. The number of hydrogen-bond donors (Lipinski definition) is 2. The molecule has 0 radical (unpaired) electrons. The van der Waals surface area contributed by atoms with Crippen LogP contribution in [-0.2, 0) is 28.5 Å². The fraction of sp³-hybridized carbons (Fsp3) is 0.714. The van der Waals surface area contributed by atoms with E-state index < -0.39 is 0 Å². The molecule has 0 aliphatic carbocycles. The minimum Gasteiger partial charge on any atom is -0.382 e. The van der Waals surface area contributed by atoms with E-state index in [1.165, 1.54) is 0 Å². The molecule has 0 atom stereocenters. The summed E-state index contributed by atoms with van der Waals surface area (Å²) < 4.78 is 22.3. The number of ether oxygens (including phenoxy) is 4. The summed E-state index contributed by atoms with van der Waals surface area (Å²) in [5.74, 6) is -0.364. The average Bonchev–Trinajstić information content (AvgIpc) is 2.69. The van der Waals surface area contributed by atoms with E-state index in [-0.39, 0.29) is 17.2 Å². The molecule has 0 saturated heterocycles. The first-order chi connectivity index (χ1) is 13.8. The molecule has 0 aromatic rings. The molecular weight excluding hydrogens is 376 g/mol. The lowest BCUT2D eigenvalue weighted by molar-refractivity contribution is -0.118. The van der Waals surface area contributed by atoms with Gasteiger partial charge in [0.15, 0.2) is 0 Å². The molecule has 168 valence electrons. The van der Waals surface area contributed by atoms with Gasteiger partial charge < -0.3 is 29.6 Å². The summed E-state index contributed by atoms with van der Waals surface area (Å²) in [4.78, 5) is 23.0. The second kappa shape index (κ2) is 16.1. The molecule has 0 aromatic heterocycles. The van der Waals surface area contributed by atoms with E-state index in [1.54, 1.807) is 21.0 Å². The second-order valence-corrected chi connectivity index (χ2v) is 7.08. The zero-order chi connectivity index (χ0) is 22.1. The molecule has 0 aromatic carbocycles. The van der Waals surface area contributed by atoms with Crippen molar-refractivity contribution < 1.29 is 28.5 Å². The molecular formula is C21H38N2O6. The highest BCUT2D eigenvalue weighted by Crippen LogP contribution is 2.24. The number of hydrogen-bond acceptors (Lipinski definition) is 6. The van der Waals surface area contributed by atoms with E-state index in [0.29, 0.717) is 70.5 Å². The van der Waals surface area contributed by atoms with Crippen molar-refractivity contribution in [3.8, 4) is 0 Å². The highest BCUT2D eigenvalue weighted by molar-refractivity contribution is 5.92. The van der Waals surface area contributed by atoms with Gasteiger partial charge in [-0.25, -0.2) is 0 Å². The lowest BCUT2D eigenvalue weighted by atomic mass is 9.88. The SMILES string of the molecule is C=C(C)C(=O)NCCOCC(CC)(COCCNC(=O)C(=C)C)COCCOC. The van der Waals surface area contributed by atoms with Gasteiger partial charge >= 0.3 is 0 Å². The number of methoxy groups -OCH3 is 1. The molecule has 8 nitrogen and oxygen atoms in total. The maximum Gasteiger partial charge on any atom is 0.246 e. The average molecular weight is 415 g/mol. The van der Waals surface area contributed by atoms with Crippen LogP contribution in [0.4, 0.5) is 0 Å². The van der Waals surface area contributed by atoms with Crippen molar-refractivity contribution in [2.75, 3.05) is 66.4 Å². The third-order valence-electron chi connectivity index (χ3n) is 4.25. The number of carbonyl (C=O) groups excluding carboxylic acids is 2.